The summed E-state index contributed by atoms with van der Waals surface area (Å²) in [6.07, 6.45) is 0.274. The molecule has 1 atom stereocenters. The molecule has 9 heteroatoms. The van der Waals surface area contributed by atoms with Gasteiger partial charge in [-0.05, 0) is 38.0 Å². The summed E-state index contributed by atoms with van der Waals surface area (Å²) in [5.74, 6) is -0.552. The van der Waals surface area contributed by atoms with Gasteiger partial charge in [-0.3, -0.25) is 19.7 Å². The lowest BCUT2D eigenvalue weighted by Crippen LogP contribution is -2.54. The first-order chi connectivity index (χ1) is 18.0. The molecule has 0 fully saturated rings. The van der Waals surface area contributed by atoms with Gasteiger partial charge >= 0.3 is 0 Å². The van der Waals surface area contributed by atoms with Crippen LogP contribution in [0.2, 0.25) is 0 Å². The second kappa shape index (κ2) is 13.2. The molecule has 38 heavy (non-hydrogen) atoms. The van der Waals surface area contributed by atoms with E-state index in [1.165, 1.54) is 34.9 Å². The average Bonchev–Trinajstić information content (AvgIpc) is 2.87. The predicted molar refractivity (Wildman–Crippen MR) is 148 cm³/mol. The monoisotopic (exact) mass is 537 g/mol. The molecule has 0 saturated heterocycles. The molecule has 0 saturated carbocycles. The van der Waals surface area contributed by atoms with Crippen molar-refractivity contribution in [1.82, 2.24) is 10.2 Å². The molecule has 2 amide bonds. The first kappa shape index (κ1) is 28.8. The number of nitrogens with one attached hydrogen (secondary N) is 1. The number of halogens is 1. The molecular formula is C29H32FN3O4S. The van der Waals surface area contributed by atoms with Crippen LogP contribution in [0.3, 0.4) is 0 Å². The van der Waals surface area contributed by atoms with E-state index >= 15 is 0 Å². The normalized spacial score (nSPS) is 12.0. The molecule has 3 aromatic carbocycles. The number of amides is 2. The molecule has 0 unspecified atom stereocenters. The Bertz CT molecular complexity index is 1250. The zero-order valence-corrected chi connectivity index (χ0v) is 22.5. The minimum atomic E-state index is -0.858. The van der Waals surface area contributed by atoms with Crippen molar-refractivity contribution in [3.8, 4) is 0 Å². The van der Waals surface area contributed by atoms with Crippen molar-refractivity contribution < 1.29 is 18.9 Å². The quantitative estimate of drug-likeness (QED) is 0.257. The van der Waals surface area contributed by atoms with Gasteiger partial charge < -0.3 is 10.2 Å². The van der Waals surface area contributed by atoms with Gasteiger partial charge in [-0.25, -0.2) is 4.39 Å². The lowest BCUT2D eigenvalue weighted by atomic mass is 10.0. The molecule has 0 radical (unpaired) electrons. The summed E-state index contributed by atoms with van der Waals surface area (Å²) >= 11 is 1.33. The van der Waals surface area contributed by atoms with Gasteiger partial charge in [0, 0.05) is 42.0 Å². The highest BCUT2D eigenvalue weighted by atomic mass is 32.2. The third-order valence-electron chi connectivity index (χ3n) is 5.71. The molecule has 0 heterocycles. The lowest BCUT2D eigenvalue weighted by Gasteiger charge is -2.34. The van der Waals surface area contributed by atoms with Crippen LogP contribution in [0.4, 0.5) is 10.1 Å². The number of rotatable bonds is 11. The number of benzene rings is 3. The standard InChI is InChI=1S/C29H32FN3O4S/c1-29(2,3)31-28(35)26(17-21-9-5-4-6-10-21)32(18-23-11-7-8-12-25(23)30)27(34)20-38-19-22-13-15-24(16-14-22)33(36)37/h4-16,26H,17-20H2,1-3H3,(H,31,35)/t26-/m1/s1. The number of hydrogen-bond acceptors (Lipinski definition) is 5. The molecule has 0 aliphatic heterocycles. The van der Waals surface area contributed by atoms with Gasteiger partial charge in [0.1, 0.15) is 11.9 Å². The maximum Gasteiger partial charge on any atom is 0.269 e. The molecule has 3 aromatic rings. The van der Waals surface area contributed by atoms with Crippen LogP contribution < -0.4 is 5.32 Å². The summed E-state index contributed by atoms with van der Waals surface area (Å²) in [4.78, 5) is 39.0. The van der Waals surface area contributed by atoms with Gasteiger partial charge in [-0.2, -0.15) is 0 Å². The van der Waals surface area contributed by atoms with Gasteiger partial charge in [0.15, 0.2) is 0 Å². The van der Waals surface area contributed by atoms with Crippen LogP contribution in [0.25, 0.3) is 0 Å². The van der Waals surface area contributed by atoms with Crippen molar-refractivity contribution in [2.45, 2.75) is 51.1 Å². The SMILES string of the molecule is CC(C)(C)NC(=O)[C@@H](Cc1ccccc1)N(Cc1ccccc1F)C(=O)CSCc1ccc([N+](=O)[O-])cc1. The molecule has 3 rings (SSSR count). The van der Waals surface area contributed by atoms with E-state index in [1.807, 2.05) is 51.1 Å². The molecule has 0 bridgehead atoms. The van der Waals surface area contributed by atoms with Gasteiger partial charge in [0.25, 0.3) is 5.69 Å². The number of nitro benzene ring substituents is 1. The van der Waals surface area contributed by atoms with Crippen molar-refractivity contribution >= 4 is 29.3 Å². The van der Waals surface area contributed by atoms with E-state index in [2.05, 4.69) is 5.32 Å². The van der Waals surface area contributed by atoms with E-state index < -0.39 is 22.3 Å². The minimum absolute atomic E-state index is 0.000459. The first-order valence-electron chi connectivity index (χ1n) is 12.2. The molecule has 7 nitrogen and oxygen atoms in total. The predicted octanol–water partition coefficient (Wildman–Crippen LogP) is 5.52. The van der Waals surface area contributed by atoms with E-state index in [9.17, 15) is 24.1 Å². The van der Waals surface area contributed by atoms with Crippen molar-refractivity contribution in [2.75, 3.05) is 5.75 Å². The Labute approximate surface area is 226 Å². The Kier molecular flexibility index (Phi) is 10.0. The maximum absolute atomic E-state index is 14.6. The fourth-order valence-electron chi connectivity index (χ4n) is 3.87. The molecule has 200 valence electrons. The van der Waals surface area contributed by atoms with Crippen LogP contribution in [0.15, 0.2) is 78.9 Å². The molecule has 0 spiro atoms. The van der Waals surface area contributed by atoms with Crippen LogP contribution in [0.5, 0.6) is 0 Å². The number of hydrogen-bond donors (Lipinski definition) is 1. The molecule has 0 aromatic heterocycles. The van der Waals surface area contributed by atoms with Crippen molar-refractivity contribution in [1.29, 1.82) is 0 Å². The largest absolute Gasteiger partial charge is 0.350 e. The van der Waals surface area contributed by atoms with Crippen LogP contribution >= 0.6 is 11.8 Å². The van der Waals surface area contributed by atoms with Crippen LogP contribution in [0, 0.1) is 15.9 Å². The second-order valence-corrected chi connectivity index (χ2v) is 11.0. The number of thioether (sulfide) groups is 1. The molecular weight excluding hydrogens is 505 g/mol. The Morgan fingerprint density at radius 1 is 0.974 bits per heavy atom. The lowest BCUT2D eigenvalue weighted by molar-refractivity contribution is -0.384. The van der Waals surface area contributed by atoms with Crippen LogP contribution in [-0.4, -0.2) is 39.0 Å². The first-order valence-corrected chi connectivity index (χ1v) is 13.4. The Balaban J connectivity index is 1.85. The van der Waals surface area contributed by atoms with Crippen molar-refractivity contribution in [2.24, 2.45) is 0 Å². The van der Waals surface area contributed by atoms with Gasteiger partial charge in [-0.15, -0.1) is 11.8 Å². The average molecular weight is 538 g/mol. The van der Waals surface area contributed by atoms with E-state index in [0.29, 0.717) is 11.3 Å². The van der Waals surface area contributed by atoms with E-state index in [-0.39, 0.29) is 36.2 Å². The Hall–Kier alpha value is -3.72. The van der Waals surface area contributed by atoms with Crippen LogP contribution in [-0.2, 0) is 28.3 Å². The topological polar surface area (TPSA) is 92.6 Å². The second-order valence-electron chi connectivity index (χ2n) is 9.97. The number of carbonyl (C=O) groups excluding carboxylic acids is 2. The number of nitrogens with zero attached hydrogens (tertiary/aromatic N) is 2. The fraction of sp³-hybridized carbons (Fsp3) is 0.310. The third-order valence-corrected chi connectivity index (χ3v) is 6.70. The summed E-state index contributed by atoms with van der Waals surface area (Å²) < 4.78 is 14.6. The number of carbonyl (C=O) groups is 2. The summed E-state index contributed by atoms with van der Waals surface area (Å²) in [7, 11) is 0. The van der Waals surface area contributed by atoms with Crippen molar-refractivity contribution in [3.63, 3.8) is 0 Å². The van der Waals surface area contributed by atoms with Gasteiger partial charge in [0.2, 0.25) is 11.8 Å². The van der Waals surface area contributed by atoms with Gasteiger partial charge in [0.05, 0.1) is 10.7 Å². The summed E-state index contributed by atoms with van der Waals surface area (Å²) in [5.41, 5.74) is 1.51. The summed E-state index contributed by atoms with van der Waals surface area (Å²) in [6.45, 7) is 5.55. The Morgan fingerprint density at radius 2 is 1.61 bits per heavy atom. The molecule has 0 aliphatic carbocycles. The van der Waals surface area contributed by atoms with E-state index in [0.717, 1.165) is 11.1 Å². The smallest absolute Gasteiger partial charge is 0.269 e. The van der Waals surface area contributed by atoms with Crippen LogP contribution in [0.1, 0.15) is 37.5 Å². The summed E-state index contributed by atoms with van der Waals surface area (Å²) in [5, 5.41) is 13.9. The highest BCUT2D eigenvalue weighted by Crippen LogP contribution is 2.21. The minimum Gasteiger partial charge on any atom is -0.350 e. The fourth-order valence-corrected chi connectivity index (χ4v) is 4.74. The number of non-ortho nitro benzene ring substituents is 1. The number of nitro groups is 1. The zero-order valence-electron chi connectivity index (χ0n) is 21.7. The Morgan fingerprint density at radius 3 is 2.21 bits per heavy atom. The highest BCUT2D eigenvalue weighted by Gasteiger charge is 2.32. The van der Waals surface area contributed by atoms with Gasteiger partial charge in [-0.1, -0.05) is 60.7 Å². The van der Waals surface area contributed by atoms with E-state index in [1.54, 1.807) is 30.3 Å². The maximum atomic E-state index is 14.6. The molecule has 1 N–H and O–H groups in total. The van der Waals surface area contributed by atoms with Crippen molar-refractivity contribution in [3.05, 3.63) is 111 Å². The molecule has 0 aliphatic rings. The van der Waals surface area contributed by atoms with E-state index in [4.69, 9.17) is 0 Å². The third kappa shape index (κ3) is 8.69. The summed E-state index contributed by atoms with van der Waals surface area (Å²) in [6, 6.07) is 20.9. The highest BCUT2D eigenvalue weighted by molar-refractivity contribution is 7.99. The zero-order chi connectivity index (χ0) is 27.7.